The Balaban J connectivity index is 1.51. The predicted octanol–water partition coefficient (Wildman–Crippen LogP) is 4.50. The first-order valence-corrected chi connectivity index (χ1v) is 8.62. The summed E-state index contributed by atoms with van der Waals surface area (Å²) in [5, 5.41) is 5.59. The van der Waals surface area contributed by atoms with Crippen molar-refractivity contribution >= 4 is 34.8 Å². The second-order valence-corrected chi connectivity index (χ2v) is 6.15. The topological polar surface area (TPSA) is 67.4 Å². The number of halogens is 1. The Morgan fingerprint density at radius 3 is 1.81 bits per heavy atom. The van der Waals surface area contributed by atoms with E-state index in [1.54, 1.807) is 48.5 Å². The van der Waals surface area contributed by atoms with E-state index >= 15 is 0 Å². The van der Waals surface area contributed by atoms with Crippen LogP contribution < -0.4 is 15.4 Å². The zero-order valence-electron chi connectivity index (χ0n) is 14.3. The highest BCUT2D eigenvalue weighted by molar-refractivity contribution is 6.43. The van der Waals surface area contributed by atoms with Crippen molar-refractivity contribution in [3.63, 3.8) is 0 Å². The minimum Gasteiger partial charge on any atom is -0.489 e. The summed E-state index contributed by atoms with van der Waals surface area (Å²) in [5.41, 5.74) is 2.05. The van der Waals surface area contributed by atoms with E-state index in [0.717, 1.165) is 5.56 Å². The van der Waals surface area contributed by atoms with E-state index in [9.17, 15) is 9.59 Å². The van der Waals surface area contributed by atoms with Gasteiger partial charge >= 0.3 is 11.8 Å². The molecule has 0 spiro atoms. The third-order valence-corrected chi connectivity index (χ3v) is 3.92. The van der Waals surface area contributed by atoms with Gasteiger partial charge in [0.15, 0.2) is 0 Å². The highest BCUT2D eigenvalue weighted by Gasteiger charge is 2.14. The van der Waals surface area contributed by atoms with Crippen LogP contribution in [-0.2, 0) is 16.2 Å². The molecule has 0 atom stereocenters. The summed E-state index contributed by atoms with van der Waals surface area (Å²) >= 11 is 5.79. The largest absolute Gasteiger partial charge is 0.489 e. The molecule has 0 saturated heterocycles. The van der Waals surface area contributed by atoms with Crippen molar-refractivity contribution in [3.05, 3.63) is 89.4 Å². The van der Waals surface area contributed by atoms with Crippen molar-refractivity contribution in [2.24, 2.45) is 0 Å². The van der Waals surface area contributed by atoms with Crippen LogP contribution in [0.25, 0.3) is 0 Å². The molecule has 3 aromatic rings. The van der Waals surface area contributed by atoms with Gasteiger partial charge in [-0.05, 0) is 54.1 Å². The molecular weight excluding hydrogens is 364 g/mol. The molecule has 136 valence electrons. The molecule has 0 saturated carbocycles. The Hall–Kier alpha value is -3.31. The molecule has 2 N–H and O–H groups in total. The second-order valence-electron chi connectivity index (χ2n) is 5.71. The molecule has 5 nitrogen and oxygen atoms in total. The van der Waals surface area contributed by atoms with Gasteiger partial charge in [-0.1, -0.05) is 41.9 Å². The number of hydrogen-bond acceptors (Lipinski definition) is 3. The summed E-state index contributed by atoms with van der Waals surface area (Å²) < 4.78 is 5.69. The van der Waals surface area contributed by atoms with Gasteiger partial charge in [-0.2, -0.15) is 0 Å². The molecule has 6 heteroatoms. The zero-order valence-corrected chi connectivity index (χ0v) is 15.1. The molecule has 3 rings (SSSR count). The quantitative estimate of drug-likeness (QED) is 0.640. The fraction of sp³-hybridized carbons (Fsp3) is 0.0476. The number of ether oxygens (including phenoxy) is 1. The van der Waals surface area contributed by atoms with E-state index < -0.39 is 11.8 Å². The smallest absolute Gasteiger partial charge is 0.314 e. The number of carbonyl (C=O) groups excluding carboxylic acids is 2. The number of rotatable bonds is 5. The Kier molecular flexibility index (Phi) is 6.07. The Bertz CT molecular complexity index is 910. The van der Waals surface area contributed by atoms with Crippen LogP contribution >= 0.6 is 11.6 Å². The lowest BCUT2D eigenvalue weighted by molar-refractivity contribution is -0.132. The van der Waals surface area contributed by atoms with Gasteiger partial charge in [0.25, 0.3) is 0 Å². The van der Waals surface area contributed by atoms with Gasteiger partial charge in [-0.15, -0.1) is 0 Å². The van der Waals surface area contributed by atoms with E-state index in [4.69, 9.17) is 16.3 Å². The van der Waals surface area contributed by atoms with E-state index in [0.29, 0.717) is 28.8 Å². The van der Waals surface area contributed by atoms with Crippen molar-refractivity contribution in [3.8, 4) is 5.75 Å². The number of nitrogens with one attached hydrogen (secondary N) is 2. The van der Waals surface area contributed by atoms with E-state index in [-0.39, 0.29) is 0 Å². The van der Waals surface area contributed by atoms with Crippen molar-refractivity contribution in [2.45, 2.75) is 6.61 Å². The second kappa shape index (κ2) is 8.87. The minimum atomic E-state index is -0.762. The molecule has 0 aliphatic rings. The fourth-order valence-corrected chi connectivity index (χ4v) is 2.41. The van der Waals surface area contributed by atoms with Crippen LogP contribution in [0.4, 0.5) is 11.4 Å². The number of carbonyl (C=O) groups is 2. The zero-order chi connectivity index (χ0) is 19.1. The molecule has 2 amide bonds. The first kappa shape index (κ1) is 18.5. The van der Waals surface area contributed by atoms with Crippen LogP contribution in [0.15, 0.2) is 78.9 Å². The van der Waals surface area contributed by atoms with Crippen LogP contribution in [0, 0.1) is 0 Å². The lowest BCUT2D eigenvalue weighted by Gasteiger charge is -2.09. The van der Waals surface area contributed by atoms with Crippen molar-refractivity contribution < 1.29 is 14.3 Å². The van der Waals surface area contributed by atoms with Gasteiger partial charge in [0.1, 0.15) is 12.4 Å². The van der Waals surface area contributed by atoms with Gasteiger partial charge in [0.2, 0.25) is 0 Å². The van der Waals surface area contributed by atoms with E-state index in [1.807, 2.05) is 30.3 Å². The average Bonchev–Trinajstić information content (AvgIpc) is 2.70. The third kappa shape index (κ3) is 5.59. The first-order valence-electron chi connectivity index (χ1n) is 8.25. The van der Waals surface area contributed by atoms with Crippen LogP contribution in [0.3, 0.4) is 0 Å². The summed E-state index contributed by atoms with van der Waals surface area (Å²) in [7, 11) is 0. The van der Waals surface area contributed by atoms with Crippen LogP contribution in [0.5, 0.6) is 5.75 Å². The van der Waals surface area contributed by atoms with E-state index in [2.05, 4.69) is 10.6 Å². The number of benzene rings is 3. The van der Waals surface area contributed by atoms with Gasteiger partial charge in [-0.25, -0.2) is 0 Å². The van der Waals surface area contributed by atoms with Crippen LogP contribution in [0.1, 0.15) is 5.56 Å². The van der Waals surface area contributed by atoms with Gasteiger partial charge in [0.05, 0.1) is 0 Å². The Morgan fingerprint density at radius 1 is 0.741 bits per heavy atom. The molecule has 0 heterocycles. The molecule has 3 aromatic carbocycles. The maximum absolute atomic E-state index is 12.0. The monoisotopic (exact) mass is 380 g/mol. The van der Waals surface area contributed by atoms with Gasteiger partial charge in [0, 0.05) is 16.4 Å². The van der Waals surface area contributed by atoms with Crippen molar-refractivity contribution in [1.29, 1.82) is 0 Å². The van der Waals surface area contributed by atoms with Gasteiger partial charge < -0.3 is 15.4 Å². The summed E-state index contributed by atoms with van der Waals surface area (Å²) in [5.74, 6) is -0.855. The normalized spacial score (nSPS) is 10.1. The van der Waals surface area contributed by atoms with Crippen LogP contribution in [-0.4, -0.2) is 11.8 Å². The summed E-state index contributed by atoms with van der Waals surface area (Å²) in [6, 6.07) is 23.1. The minimum absolute atomic E-state index is 0.454. The Labute approximate surface area is 161 Å². The maximum Gasteiger partial charge on any atom is 0.314 e. The molecule has 0 radical (unpaired) electrons. The van der Waals surface area contributed by atoms with Crippen molar-refractivity contribution in [2.75, 3.05) is 10.6 Å². The lowest BCUT2D eigenvalue weighted by atomic mass is 10.2. The SMILES string of the molecule is O=C(Nc1ccc(Cl)cc1)C(=O)Nc1ccc(OCc2ccccc2)cc1. The lowest BCUT2D eigenvalue weighted by Crippen LogP contribution is -2.29. The van der Waals surface area contributed by atoms with Gasteiger partial charge in [-0.3, -0.25) is 9.59 Å². The predicted molar refractivity (Wildman–Crippen MR) is 106 cm³/mol. The average molecular weight is 381 g/mol. The summed E-state index contributed by atoms with van der Waals surface area (Å²) in [6.07, 6.45) is 0. The number of anilines is 2. The molecular formula is C21H17ClN2O3. The van der Waals surface area contributed by atoms with Crippen LogP contribution in [0.2, 0.25) is 5.02 Å². The molecule has 0 fully saturated rings. The van der Waals surface area contributed by atoms with Crippen molar-refractivity contribution in [1.82, 2.24) is 0 Å². The highest BCUT2D eigenvalue weighted by Crippen LogP contribution is 2.17. The fourth-order valence-electron chi connectivity index (χ4n) is 2.28. The van der Waals surface area contributed by atoms with E-state index in [1.165, 1.54) is 0 Å². The standard InChI is InChI=1S/C21H17ClN2O3/c22-16-6-8-17(9-7-16)23-20(25)21(26)24-18-10-12-19(13-11-18)27-14-15-4-2-1-3-5-15/h1-13H,14H2,(H,23,25)(H,24,26). The maximum atomic E-state index is 12.0. The molecule has 0 bridgehead atoms. The highest BCUT2D eigenvalue weighted by atomic mass is 35.5. The number of amides is 2. The summed E-state index contributed by atoms with van der Waals surface area (Å²) in [6.45, 7) is 0.454. The molecule has 27 heavy (non-hydrogen) atoms. The summed E-state index contributed by atoms with van der Waals surface area (Å²) in [4.78, 5) is 23.9. The molecule has 0 aromatic heterocycles. The Morgan fingerprint density at radius 2 is 1.26 bits per heavy atom. The third-order valence-electron chi connectivity index (χ3n) is 3.67. The number of hydrogen-bond donors (Lipinski definition) is 2. The molecule has 0 unspecified atom stereocenters. The molecule has 0 aliphatic heterocycles. The molecule has 0 aliphatic carbocycles. The first-order chi connectivity index (χ1) is 13.1.